The van der Waals surface area contributed by atoms with Gasteiger partial charge in [0.1, 0.15) is 5.75 Å². The highest BCUT2D eigenvalue weighted by atomic mass is 32.2. The van der Waals surface area contributed by atoms with E-state index in [1.165, 1.54) is 22.5 Å². The van der Waals surface area contributed by atoms with Crippen molar-refractivity contribution in [3.05, 3.63) is 47.3 Å². The molecular formula is C19H20FN3O4S. The van der Waals surface area contributed by atoms with Crippen molar-refractivity contribution in [2.75, 3.05) is 13.4 Å². The maximum Gasteiger partial charge on any atom is 0.243 e. The summed E-state index contributed by atoms with van der Waals surface area (Å²) in [6.45, 7) is 3.19. The zero-order chi connectivity index (χ0) is 20.1. The van der Waals surface area contributed by atoms with Crippen molar-refractivity contribution in [1.82, 2.24) is 13.9 Å². The Morgan fingerprint density at radius 3 is 2.71 bits per heavy atom. The molecule has 0 unspecified atom stereocenters. The fourth-order valence-corrected chi connectivity index (χ4v) is 5.22. The van der Waals surface area contributed by atoms with Gasteiger partial charge in [-0.05, 0) is 49.7 Å². The average molecular weight is 405 g/mol. The van der Waals surface area contributed by atoms with E-state index in [-0.39, 0.29) is 29.6 Å². The van der Waals surface area contributed by atoms with Crippen LogP contribution in [0.2, 0.25) is 0 Å². The molecule has 0 radical (unpaired) electrons. The highest BCUT2D eigenvalue weighted by Crippen LogP contribution is 2.35. The number of rotatable bonds is 4. The molecule has 2 aromatic heterocycles. The molecule has 28 heavy (non-hydrogen) atoms. The van der Waals surface area contributed by atoms with Gasteiger partial charge in [-0.1, -0.05) is 0 Å². The third kappa shape index (κ3) is 2.91. The Morgan fingerprint density at radius 2 is 2.00 bits per heavy atom. The lowest BCUT2D eigenvalue weighted by atomic mass is 10.2. The molecule has 1 aliphatic heterocycles. The number of benzene rings is 1. The van der Waals surface area contributed by atoms with Gasteiger partial charge in [-0.15, -0.1) is 0 Å². The maximum atomic E-state index is 13.2. The van der Waals surface area contributed by atoms with Crippen LogP contribution >= 0.6 is 0 Å². The summed E-state index contributed by atoms with van der Waals surface area (Å²) in [5, 5.41) is 11.1. The number of halogens is 1. The molecule has 7 nitrogen and oxygen atoms in total. The smallest absolute Gasteiger partial charge is 0.243 e. The molecule has 1 N–H and O–H groups in total. The molecule has 3 heterocycles. The number of aromatic nitrogens is 2. The molecule has 3 aromatic rings. The number of ether oxygens (including phenoxy) is 1. The molecule has 0 bridgehead atoms. The summed E-state index contributed by atoms with van der Waals surface area (Å²) in [6.07, 6.45) is 0. The summed E-state index contributed by atoms with van der Waals surface area (Å²) < 4.78 is 46.7. The van der Waals surface area contributed by atoms with Crippen molar-refractivity contribution in [3.63, 3.8) is 0 Å². The van der Waals surface area contributed by atoms with Gasteiger partial charge in [0, 0.05) is 18.8 Å². The molecule has 9 heteroatoms. The van der Waals surface area contributed by atoms with E-state index in [1.807, 2.05) is 13.0 Å². The summed E-state index contributed by atoms with van der Waals surface area (Å²) in [4.78, 5) is 4.64. The number of nitrogens with zero attached hydrogens (tertiary/aromatic N) is 3. The lowest BCUT2D eigenvalue weighted by Gasteiger charge is -2.28. The molecule has 0 saturated heterocycles. The fourth-order valence-electron chi connectivity index (χ4n) is 3.63. The number of aryl methyl sites for hydroxylation is 2. The van der Waals surface area contributed by atoms with Crippen molar-refractivity contribution in [3.8, 4) is 11.6 Å². The van der Waals surface area contributed by atoms with E-state index in [0.29, 0.717) is 28.7 Å². The van der Waals surface area contributed by atoms with Gasteiger partial charge < -0.3 is 14.4 Å². The van der Waals surface area contributed by atoms with E-state index >= 15 is 0 Å². The average Bonchev–Trinajstić information content (AvgIpc) is 2.93. The van der Waals surface area contributed by atoms with Crippen LogP contribution in [0, 0.1) is 13.8 Å². The topological polar surface area (TPSA) is 84.7 Å². The van der Waals surface area contributed by atoms with Crippen molar-refractivity contribution < 1.29 is 22.7 Å². The van der Waals surface area contributed by atoms with Gasteiger partial charge in [-0.25, -0.2) is 12.8 Å². The van der Waals surface area contributed by atoms with E-state index in [9.17, 15) is 17.9 Å². The third-order valence-electron chi connectivity index (χ3n) is 5.01. The second-order valence-electron chi connectivity index (χ2n) is 6.79. The van der Waals surface area contributed by atoms with Gasteiger partial charge in [0.25, 0.3) is 0 Å². The van der Waals surface area contributed by atoms with Crippen LogP contribution < -0.4 is 4.74 Å². The van der Waals surface area contributed by atoms with Crippen LogP contribution in [0.1, 0.15) is 17.0 Å². The first-order valence-electron chi connectivity index (χ1n) is 8.80. The Kier molecular flexibility index (Phi) is 4.51. The van der Waals surface area contributed by atoms with Gasteiger partial charge in [0.2, 0.25) is 22.8 Å². The van der Waals surface area contributed by atoms with Crippen LogP contribution in [-0.2, 0) is 23.1 Å². The lowest BCUT2D eigenvalue weighted by molar-refractivity contribution is 0.191. The molecule has 1 aromatic carbocycles. The zero-order valence-electron chi connectivity index (χ0n) is 15.5. The third-order valence-corrected chi connectivity index (χ3v) is 7.02. The fraction of sp³-hybridized carbons (Fsp3) is 0.316. The largest absolute Gasteiger partial charge is 0.494 e. The number of sulfonamides is 1. The predicted octanol–water partition coefficient (Wildman–Crippen LogP) is 2.87. The molecule has 4 rings (SSSR count). The number of fused-ring (bicyclic) bond motifs is 3. The Hall–Kier alpha value is -2.65. The van der Waals surface area contributed by atoms with Crippen LogP contribution in [0.15, 0.2) is 35.2 Å². The van der Waals surface area contributed by atoms with Gasteiger partial charge in [-0.2, -0.15) is 4.31 Å². The first-order chi connectivity index (χ1) is 13.3. The van der Waals surface area contributed by atoms with Crippen molar-refractivity contribution in [2.24, 2.45) is 0 Å². The molecule has 0 aliphatic carbocycles. The minimum atomic E-state index is -3.78. The normalized spacial score (nSPS) is 15.0. The Labute approximate surface area is 162 Å². The standard InChI is InChI=1S/C19H20FN3O4S/c1-12-9-14(27-11-20)4-6-17(12)28(25,26)22-7-8-23-16(10-22)18-15(19(23)24)5-3-13(2)21-18/h3-6,9,24H,7-8,10-11H2,1-2H3. The number of pyridine rings is 1. The summed E-state index contributed by atoms with van der Waals surface area (Å²) >= 11 is 0. The van der Waals surface area contributed by atoms with Crippen LogP contribution in [-0.4, -0.2) is 40.8 Å². The van der Waals surface area contributed by atoms with Crippen LogP contribution in [0.25, 0.3) is 10.9 Å². The minimum Gasteiger partial charge on any atom is -0.494 e. The number of hydrogen-bond donors (Lipinski definition) is 1. The van der Waals surface area contributed by atoms with E-state index in [1.54, 1.807) is 17.6 Å². The monoisotopic (exact) mass is 405 g/mol. The quantitative estimate of drug-likeness (QED) is 0.722. The van der Waals surface area contributed by atoms with Gasteiger partial charge in [0.15, 0.2) is 0 Å². The van der Waals surface area contributed by atoms with Gasteiger partial charge in [-0.3, -0.25) is 4.98 Å². The van der Waals surface area contributed by atoms with E-state index in [2.05, 4.69) is 4.98 Å². The SMILES string of the molecule is Cc1ccc2c(O)n3c(c2n1)CN(S(=O)(=O)c1ccc(OCF)cc1C)CC3. The zero-order valence-corrected chi connectivity index (χ0v) is 16.3. The van der Waals surface area contributed by atoms with Crippen molar-refractivity contribution in [2.45, 2.75) is 31.8 Å². The highest BCUT2D eigenvalue weighted by molar-refractivity contribution is 7.89. The number of hydrogen-bond acceptors (Lipinski definition) is 5. The van der Waals surface area contributed by atoms with Crippen LogP contribution in [0.3, 0.4) is 0 Å². The number of aromatic hydroxyl groups is 1. The first-order valence-corrected chi connectivity index (χ1v) is 10.2. The molecule has 0 amide bonds. The van der Waals surface area contributed by atoms with Crippen molar-refractivity contribution in [1.29, 1.82) is 0 Å². The van der Waals surface area contributed by atoms with Crippen LogP contribution in [0.5, 0.6) is 11.6 Å². The van der Waals surface area contributed by atoms with Gasteiger partial charge in [0.05, 0.1) is 28.0 Å². The molecule has 0 saturated carbocycles. The molecule has 0 fully saturated rings. The molecule has 1 aliphatic rings. The lowest BCUT2D eigenvalue weighted by Crippen LogP contribution is -2.38. The minimum absolute atomic E-state index is 0.109. The van der Waals surface area contributed by atoms with E-state index in [0.717, 1.165) is 5.69 Å². The summed E-state index contributed by atoms with van der Waals surface area (Å²) in [6, 6.07) is 7.99. The highest BCUT2D eigenvalue weighted by Gasteiger charge is 2.32. The molecule has 148 valence electrons. The molecule has 0 spiro atoms. The summed E-state index contributed by atoms with van der Waals surface area (Å²) in [5.74, 6) is 0.389. The summed E-state index contributed by atoms with van der Waals surface area (Å²) in [7, 11) is -3.78. The Balaban J connectivity index is 1.73. The molecular weight excluding hydrogens is 385 g/mol. The van der Waals surface area contributed by atoms with E-state index < -0.39 is 16.9 Å². The maximum absolute atomic E-state index is 13.2. The second kappa shape index (κ2) is 6.75. The van der Waals surface area contributed by atoms with Crippen LogP contribution in [0.4, 0.5) is 4.39 Å². The number of alkyl halides is 1. The van der Waals surface area contributed by atoms with Crippen molar-refractivity contribution >= 4 is 20.9 Å². The van der Waals surface area contributed by atoms with E-state index in [4.69, 9.17) is 4.74 Å². The Bertz CT molecular complexity index is 1170. The molecule has 0 atom stereocenters. The Morgan fingerprint density at radius 1 is 1.21 bits per heavy atom. The second-order valence-corrected chi connectivity index (χ2v) is 8.70. The predicted molar refractivity (Wildman–Crippen MR) is 102 cm³/mol. The summed E-state index contributed by atoms with van der Waals surface area (Å²) in [5.41, 5.74) is 2.55. The van der Waals surface area contributed by atoms with Gasteiger partial charge >= 0.3 is 0 Å². The first kappa shape index (κ1) is 18.7.